The lowest BCUT2D eigenvalue weighted by Crippen LogP contribution is -2.32. The second kappa shape index (κ2) is 5.29. The van der Waals surface area contributed by atoms with Crippen molar-refractivity contribution in [3.8, 4) is 0 Å². The monoisotopic (exact) mass is 275 g/mol. The molecule has 3 unspecified atom stereocenters. The number of nitrogens with two attached hydrogens (primary N) is 1. The SMILES string of the molecule is CC(N)C(C)S(=O)c1ccc(S(C)(=O)=O)cc1. The van der Waals surface area contributed by atoms with Gasteiger partial charge in [0.15, 0.2) is 9.84 Å². The van der Waals surface area contributed by atoms with Crippen LogP contribution in [0.3, 0.4) is 0 Å². The maximum atomic E-state index is 12.0. The maximum absolute atomic E-state index is 12.0. The Morgan fingerprint density at radius 2 is 1.65 bits per heavy atom. The van der Waals surface area contributed by atoms with E-state index in [-0.39, 0.29) is 16.2 Å². The third-order valence-electron chi connectivity index (χ3n) is 2.56. The van der Waals surface area contributed by atoms with E-state index in [1.165, 1.54) is 12.1 Å². The third-order valence-corrected chi connectivity index (χ3v) is 5.53. The Morgan fingerprint density at radius 1 is 1.18 bits per heavy atom. The van der Waals surface area contributed by atoms with Crippen molar-refractivity contribution in [3.05, 3.63) is 24.3 Å². The van der Waals surface area contributed by atoms with Crippen molar-refractivity contribution in [2.24, 2.45) is 5.73 Å². The molecule has 0 amide bonds. The zero-order valence-corrected chi connectivity index (χ0v) is 11.7. The normalized spacial score (nSPS) is 17.4. The summed E-state index contributed by atoms with van der Waals surface area (Å²) >= 11 is 0. The van der Waals surface area contributed by atoms with Crippen molar-refractivity contribution >= 4 is 20.6 Å². The van der Waals surface area contributed by atoms with Gasteiger partial charge in [0.2, 0.25) is 0 Å². The van der Waals surface area contributed by atoms with Crippen LogP contribution in [0, 0.1) is 0 Å². The Kier molecular flexibility index (Phi) is 4.46. The molecule has 0 saturated carbocycles. The summed E-state index contributed by atoms with van der Waals surface area (Å²) in [6.07, 6.45) is 1.14. The maximum Gasteiger partial charge on any atom is 0.175 e. The first kappa shape index (κ1) is 14.3. The van der Waals surface area contributed by atoms with E-state index >= 15 is 0 Å². The van der Waals surface area contributed by atoms with Gasteiger partial charge in [-0.1, -0.05) is 0 Å². The molecule has 0 aliphatic heterocycles. The van der Waals surface area contributed by atoms with Crippen molar-refractivity contribution in [1.82, 2.24) is 0 Å². The highest BCUT2D eigenvalue weighted by molar-refractivity contribution is 7.90. The molecule has 4 nitrogen and oxygen atoms in total. The third kappa shape index (κ3) is 3.62. The van der Waals surface area contributed by atoms with Crippen LogP contribution in [0.4, 0.5) is 0 Å². The number of benzene rings is 1. The fraction of sp³-hybridized carbons (Fsp3) is 0.455. The molecule has 0 aliphatic carbocycles. The van der Waals surface area contributed by atoms with Gasteiger partial charge in [0.1, 0.15) is 0 Å². The second-order valence-electron chi connectivity index (χ2n) is 4.11. The molecule has 0 fully saturated rings. The van der Waals surface area contributed by atoms with E-state index in [0.29, 0.717) is 4.90 Å². The Balaban J connectivity index is 3.00. The summed E-state index contributed by atoms with van der Waals surface area (Å²) in [4.78, 5) is 0.828. The first-order valence-electron chi connectivity index (χ1n) is 5.19. The minimum absolute atomic E-state index is 0.168. The van der Waals surface area contributed by atoms with Crippen LogP contribution < -0.4 is 5.73 Å². The molecule has 0 bridgehead atoms. The largest absolute Gasteiger partial charge is 0.327 e. The van der Waals surface area contributed by atoms with Crippen molar-refractivity contribution in [3.63, 3.8) is 0 Å². The summed E-state index contributed by atoms with van der Waals surface area (Å²) in [7, 11) is -4.42. The van der Waals surface area contributed by atoms with Crippen molar-refractivity contribution in [2.45, 2.75) is 34.9 Å². The second-order valence-corrected chi connectivity index (χ2v) is 7.93. The quantitative estimate of drug-likeness (QED) is 0.887. The average molecular weight is 275 g/mol. The first-order valence-corrected chi connectivity index (χ1v) is 8.30. The van der Waals surface area contributed by atoms with Gasteiger partial charge in [-0.05, 0) is 38.1 Å². The van der Waals surface area contributed by atoms with Crippen molar-refractivity contribution in [1.29, 1.82) is 0 Å². The highest BCUT2D eigenvalue weighted by atomic mass is 32.2. The average Bonchev–Trinajstić information content (AvgIpc) is 2.26. The Labute approximate surface area is 105 Å². The number of rotatable bonds is 4. The molecule has 17 heavy (non-hydrogen) atoms. The molecule has 2 N–H and O–H groups in total. The van der Waals surface area contributed by atoms with E-state index in [9.17, 15) is 12.6 Å². The molecule has 0 aromatic heterocycles. The van der Waals surface area contributed by atoms with Crippen LogP contribution in [0.2, 0.25) is 0 Å². The molecular weight excluding hydrogens is 258 g/mol. The lowest BCUT2D eigenvalue weighted by Gasteiger charge is -2.15. The lowest BCUT2D eigenvalue weighted by atomic mass is 10.3. The Bertz CT molecular complexity index is 506. The molecule has 96 valence electrons. The van der Waals surface area contributed by atoms with Gasteiger partial charge in [-0.2, -0.15) is 0 Å². The van der Waals surface area contributed by atoms with E-state index in [4.69, 9.17) is 5.73 Å². The van der Waals surface area contributed by atoms with Crippen LogP contribution in [0.5, 0.6) is 0 Å². The summed E-state index contributed by atoms with van der Waals surface area (Å²) in [5.41, 5.74) is 5.68. The Morgan fingerprint density at radius 3 is 2.00 bits per heavy atom. The van der Waals surface area contributed by atoms with Crippen LogP contribution >= 0.6 is 0 Å². The molecule has 0 spiro atoms. The molecular formula is C11H17NO3S2. The van der Waals surface area contributed by atoms with Gasteiger partial charge in [0.25, 0.3) is 0 Å². The minimum Gasteiger partial charge on any atom is -0.327 e. The standard InChI is InChI=1S/C11H17NO3S2/c1-8(12)9(2)16(13)10-4-6-11(7-5-10)17(3,14)15/h4-9H,12H2,1-3H3. The zero-order chi connectivity index (χ0) is 13.2. The molecule has 1 aromatic rings. The van der Waals surface area contributed by atoms with Gasteiger partial charge >= 0.3 is 0 Å². The lowest BCUT2D eigenvalue weighted by molar-refractivity contribution is 0.601. The molecule has 0 aliphatic rings. The van der Waals surface area contributed by atoms with E-state index in [2.05, 4.69) is 0 Å². The van der Waals surface area contributed by atoms with Crippen LogP contribution in [-0.2, 0) is 20.6 Å². The molecule has 0 saturated heterocycles. The summed E-state index contributed by atoms with van der Waals surface area (Å²) in [5, 5.41) is -0.168. The van der Waals surface area contributed by atoms with Gasteiger partial charge in [-0.15, -0.1) is 0 Å². The van der Waals surface area contributed by atoms with Crippen LogP contribution in [0.1, 0.15) is 13.8 Å². The van der Waals surface area contributed by atoms with Gasteiger partial charge in [-0.3, -0.25) is 4.21 Å². The van der Waals surface area contributed by atoms with E-state index in [1.54, 1.807) is 19.1 Å². The molecule has 0 heterocycles. The highest BCUT2D eigenvalue weighted by Crippen LogP contribution is 2.16. The van der Waals surface area contributed by atoms with Crippen molar-refractivity contribution < 1.29 is 12.6 Å². The number of hydrogen-bond donors (Lipinski definition) is 1. The van der Waals surface area contributed by atoms with Gasteiger partial charge in [0, 0.05) is 17.2 Å². The summed E-state index contributed by atoms with van der Waals surface area (Å²) in [5.74, 6) is 0. The van der Waals surface area contributed by atoms with Crippen LogP contribution in [0.15, 0.2) is 34.1 Å². The van der Waals surface area contributed by atoms with Crippen LogP contribution in [-0.4, -0.2) is 30.2 Å². The molecule has 1 rings (SSSR count). The molecule has 1 aromatic carbocycles. The van der Waals surface area contributed by atoms with Gasteiger partial charge < -0.3 is 5.73 Å². The summed E-state index contributed by atoms with van der Waals surface area (Å²) in [6.45, 7) is 3.61. The van der Waals surface area contributed by atoms with Gasteiger partial charge in [0.05, 0.1) is 20.9 Å². The van der Waals surface area contributed by atoms with E-state index in [0.717, 1.165) is 6.26 Å². The van der Waals surface area contributed by atoms with Crippen LogP contribution in [0.25, 0.3) is 0 Å². The zero-order valence-electron chi connectivity index (χ0n) is 10.1. The minimum atomic E-state index is -3.21. The molecule has 6 heteroatoms. The van der Waals surface area contributed by atoms with E-state index < -0.39 is 20.6 Å². The van der Waals surface area contributed by atoms with Crippen molar-refractivity contribution in [2.75, 3.05) is 6.26 Å². The molecule has 3 atom stereocenters. The topological polar surface area (TPSA) is 77.2 Å². The fourth-order valence-corrected chi connectivity index (χ4v) is 3.08. The summed E-state index contributed by atoms with van der Waals surface area (Å²) in [6, 6.07) is 5.91. The first-order chi connectivity index (χ1) is 7.73. The van der Waals surface area contributed by atoms with Gasteiger partial charge in [-0.25, -0.2) is 8.42 Å². The predicted molar refractivity (Wildman–Crippen MR) is 69.1 cm³/mol. The van der Waals surface area contributed by atoms with E-state index in [1.807, 2.05) is 6.92 Å². The summed E-state index contributed by atoms with van der Waals surface area (Å²) < 4.78 is 34.5. The number of sulfone groups is 1. The molecule has 0 radical (unpaired) electrons. The predicted octanol–water partition coefficient (Wildman–Crippen LogP) is 0.933. The Hall–Kier alpha value is -0.720. The number of hydrogen-bond acceptors (Lipinski definition) is 4. The highest BCUT2D eigenvalue weighted by Gasteiger charge is 2.17. The smallest absolute Gasteiger partial charge is 0.175 e. The fourth-order valence-electron chi connectivity index (χ4n) is 1.23.